The number of aryl methyl sites for hydroxylation is 1. The molecule has 4 rings (SSSR count). The van der Waals surface area contributed by atoms with Gasteiger partial charge in [-0.1, -0.05) is 18.2 Å². The molecule has 4 atom stereocenters. The first-order valence-electron chi connectivity index (χ1n) is 12.3. The number of hydrogen-bond acceptors (Lipinski definition) is 3. The van der Waals surface area contributed by atoms with Crippen LogP contribution in [0.25, 0.3) is 0 Å². The zero-order valence-corrected chi connectivity index (χ0v) is 20.2. The molecule has 5 nitrogen and oxygen atoms in total. The molecule has 3 aliphatic rings. The molecule has 1 saturated carbocycles. The first-order chi connectivity index (χ1) is 17.4. The van der Waals surface area contributed by atoms with Crippen LogP contribution in [0, 0.1) is 11.8 Å². The second-order valence-corrected chi connectivity index (χ2v) is 10.6. The minimum atomic E-state index is -6.17. The molecule has 1 saturated heterocycles. The Balaban J connectivity index is 1.44. The Hall–Kier alpha value is -2.24. The highest BCUT2D eigenvalue weighted by molar-refractivity contribution is 6.38. The average Bonchev–Trinajstić information content (AvgIpc) is 3.38. The first kappa shape index (κ1) is 28.8. The molecule has 0 bridgehead atoms. The zero-order chi connectivity index (χ0) is 28.3. The Morgan fingerprint density at radius 3 is 2.32 bits per heavy atom. The van der Waals surface area contributed by atoms with Crippen LogP contribution in [0.3, 0.4) is 0 Å². The number of benzene rings is 1. The number of halogens is 7. The summed E-state index contributed by atoms with van der Waals surface area (Å²) in [5, 5.41) is 10.5. The molecule has 0 aromatic heterocycles. The monoisotopic (exact) mass is 544 g/mol. The Kier molecular flexibility index (Phi) is 7.38. The summed E-state index contributed by atoms with van der Waals surface area (Å²) in [7, 11) is 10.6. The highest BCUT2D eigenvalue weighted by Gasteiger charge is 2.73. The van der Waals surface area contributed by atoms with Gasteiger partial charge in [0.25, 0.3) is 0 Å². The van der Waals surface area contributed by atoms with Crippen molar-refractivity contribution in [2.24, 2.45) is 11.8 Å². The summed E-state index contributed by atoms with van der Waals surface area (Å²) in [6.07, 6.45) is -10.8. The molecule has 2 N–H and O–H groups in total. The van der Waals surface area contributed by atoms with Gasteiger partial charge in [0.05, 0.1) is 21.6 Å². The molecule has 2 amide bonds. The smallest absolute Gasteiger partial charge is 0.409 e. The van der Waals surface area contributed by atoms with Crippen molar-refractivity contribution in [3.63, 3.8) is 0 Å². The molecule has 14 heteroatoms. The van der Waals surface area contributed by atoms with Crippen molar-refractivity contribution in [1.82, 2.24) is 10.2 Å². The number of likely N-dealkylation sites (tertiary alicyclic amines) is 1. The number of aliphatic hydroxyl groups is 1. The van der Waals surface area contributed by atoms with Gasteiger partial charge < -0.3 is 15.3 Å². The molecule has 2 aliphatic carbocycles. The summed E-state index contributed by atoms with van der Waals surface area (Å²) in [5.41, 5.74) is -6.16. The summed E-state index contributed by atoms with van der Waals surface area (Å²) in [4.78, 5) is 26.6. The maximum Gasteiger partial charge on any atom is 0.435 e. The van der Waals surface area contributed by atoms with Crippen LogP contribution in [0.4, 0.5) is 30.7 Å². The van der Waals surface area contributed by atoms with Crippen LogP contribution in [-0.2, 0) is 21.7 Å². The molecule has 2 fully saturated rings. The van der Waals surface area contributed by atoms with Crippen molar-refractivity contribution in [2.45, 2.75) is 73.9 Å². The van der Waals surface area contributed by atoms with Crippen molar-refractivity contribution < 1.29 is 45.4 Å². The second kappa shape index (κ2) is 9.75. The van der Waals surface area contributed by atoms with Gasteiger partial charge >= 0.3 is 18.0 Å². The number of nitrogens with zero attached hydrogens (tertiary/aromatic N) is 1. The fourth-order valence-electron chi connectivity index (χ4n) is 6.02. The van der Waals surface area contributed by atoms with Gasteiger partial charge in [0, 0.05) is 31.1 Å². The number of nitrogens with one attached hydrogen (secondary N) is 1. The quantitative estimate of drug-likeness (QED) is 0.428. The lowest BCUT2D eigenvalue weighted by Gasteiger charge is -2.34. The molecule has 38 heavy (non-hydrogen) atoms. The lowest BCUT2D eigenvalue weighted by molar-refractivity contribution is -0.348. The topological polar surface area (TPSA) is 69.6 Å². The van der Waals surface area contributed by atoms with Gasteiger partial charge in [-0.25, -0.2) is 4.39 Å². The van der Waals surface area contributed by atoms with Crippen LogP contribution < -0.4 is 5.32 Å². The molecule has 204 valence electrons. The van der Waals surface area contributed by atoms with Crippen LogP contribution in [0.5, 0.6) is 0 Å². The largest absolute Gasteiger partial charge is 0.435 e. The molecule has 1 heterocycles. The van der Waals surface area contributed by atoms with Crippen LogP contribution in [-0.4, -0.2) is 74.4 Å². The van der Waals surface area contributed by atoms with Gasteiger partial charge in [0.1, 0.15) is 0 Å². The number of hydrogen-bond donors (Lipinski definition) is 2. The van der Waals surface area contributed by atoms with E-state index in [-0.39, 0.29) is 67.6 Å². The molecule has 4 radical (unpaired) electrons. The Bertz CT molecular complexity index is 1080. The van der Waals surface area contributed by atoms with E-state index >= 15 is 0 Å². The molecule has 1 aromatic carbocycles. The predicted molar refractivity (Wildman–Crippen MR) is 123 cm³/mol. The number of carbonyl (C=O) groups excluding carboxylic acids is 2. The highest BCUT2D eigenvalue weighted by atomic mass is 19.4. The minimum Gasteiger partial charge on any atom is -0.409 e. The minimum absolute atomic E-state index is 0.0186. The average molecular weight is 544 g/mol. The van der Waals surface area contributed by atoms with Gasteiger partial charge in [0.2, 0.25) is 11.8 Å². The summed E-state index contributed by atoms with van der Waals surface area (Å²) in [5.74, 6) is -1.54. The van der Waals surface area contributed by atoms with Gasteiger partial charge in [-0.3, -0.25) is 9.59 Å². The van der Waals surface area contributed by atoms with Crippen LogP contribution in [0.15, 0.2) is 18.2 Å². The lowest BCUT2D eigenvalue weighted by Crippen LogP contribution is -2.50. The van der Waals surface area contributed by atoms with E-state index in [1.807, 2.05) is 0 Å². The van der Waals surface area contributed by atoms with E-state index in [1.165, 1.54) is 4.90 Å². The molecule has 0 spiro atoms. The Morgan fingerprint density at radius 2 is 1.71 bits per heavy atom. The summed E-state index contributed by atoms with van der Waals surface area (Å²) >= 11 is 0. The number of carbonyl (C=O) groups is 2. The van der Waals surface area contributed by atoms with Crippen molar-refractivity contribution in [3.05, 3.63) is 34.9 Å². The van der Waals surface area contributed by atoms with Gasteiger partial charge in [-0.05, 0) is 60.5 Å². The number of alkyl halides is 7. The van der Waals surface area contributed by atoms with Crippen molar-refractivity contribution in [1.29, 1.82) is 0 Å². The normalized spacial score (nSPS) is 26.3. The van der Waals surface area contributed by atoms with E-state index in [0.29, 0.717) is 37.0 Å². The van der Waals surface area contributed by atoms with Gasteiger partial charge in [0.15, 0.2) is 0 Å². The molecule has 1 aromatic rings. The standard InChI is InChI=1S/C24H25B2F7N2O3/c25-21(26,38)7-8-35-11-13(10-19(35)36)20(37)34-18-6-5-16-15-4-2-14(9-12(15)1-3-17(16)18)22(27,23(28,29)30)24(31,32)33/h2,4,9,13,16-18,38H,1,3,5-8,10-11H2,(H,34,37)/t13-,16-,17+,18+/m0/s1. The SMILES string of the molecule is [B]C([B])(O)CCN1C[C@@H](C(=O)N[C@@H]2CC[C@H]3c4ccc(C(F)(C(F)(F)F)C(F)(F)F)cc4CC[C@@H]23)CC1=O. The summed E-state index contributed by atoms with van der Waals surface area (Å²) in [6.45, 7) is 0.221. The number of amides is 2. The van der Waals surface area contributed by atoms with E-state index in [9.17, 15) is 45.4 Å². The highest BCUT2D eigenvalue weighted by Crippen LogP contribution is 2.54. The third kappa shape index (κ3) is 5.29. The third-order valence-corrected chi connectivity index (χ3v) is 7.99. The summed E-state index contributed by atoms with van der Waals surface area (Å²) < 4.78 is 93.7. The van der Waals surface area contributed by atoms with Crippen LogP contribution in [0.1, 0.15) is 54.7 Å². The van der Waals surface area contributed by atoms with Crippen molar-refractivity contribution in [3.8, 4) is 0 Å². The van der Waals surface area contributed by atoms with E-state index in [0.717, 1.165) is 6.07 Å². The molecular formula is C24H25B2F7N2O3. The van der Waals surface area contributed by atoms with Crippen molar-refractivity contribution >= 4 is 27.5 Å². The molecule has 1 aliphatic heterocycles. The van der Waals surface area contributed by atoms with E-state index < -0.39 is 34.9 Å². The maximum atomic E-state index is 14.5. The van der Waals surface area contributed by atoms with Gasteiger partial charge in [-0.15, -0.1) is 0 Å². The number of rotatable bonds is 6. The third-order valence-electron chi connectivity index (χ3n) is 7.99. The predicted octanol–water partition coefficient (Wildman–Crippen LogP) is 3.12. The number of fused-ring (bicyclic) bond motifs is 3. The lowest BCUT2D eigenvalue weighted by atomic mass is 9.63. The van der Waals surface area contributed by atoms with Crippen LogP contribution >= 0.6 is 0 Å². The fourth-order valence-corrected chi connectivity index (χ4v) is 6.02. The Labute approximate surface area is 217 Å². The van der Waals surface area contributed by atoms with Gasteiger partial charge in [-0.2, -0.15) is 26.3 Å². The fraction of sp³-hybridized carbons (Fsp3) is 0.667. The zero-order valence-electron chi connectivity index (χ0n) is 20.2. The van der Waals surface area contributed by atoms with Crippen LogP contribution in [0.2, 0.25) is 0 Å². The van der Waals surface area contributed by atoms with E-state index in [4.69, 9.17) is 15.7 Å². The summed E-state index contributed by atoms with van der Waals surface area (Å²) in [6, 6.07) is 2.08. The van der Waals surface area contributed by atoms with E-state index in [2.05, 4.69) is 5.32 Å². The van der Waals surface area contributed by atoms with Crippen molar-refractivity contribution in [2.75, 3.05) is 13.1 Å². The second-order valence-electron chi connectivity index (χ2n) is 10.6. The maximum absolute atomic E-state index is 14.5. The molecule has 0 unspecified atom stereocenters. The van der Waals surface area contributed by atoms with E-state index in [1.54, 1.807) is 0 Å². The first-order valence-corrected chi connectivity index (χ1v) is 12.3. The Morgan fingerprint density at radius 1 is 1.05 bits per heavy atom. The molecular weight excluding hydrogens is 519 g/mol.